The van der Waals surface area contributed by atoms with E-state index >= 15 is 0 Å². The van der Waals surface area contributed by atoms with Gasteiger partial charge in [-0.1, -0.05) is 18.2 Å². The molecule has 1 saturated heterocycles. The zero-order chi connectivity index (χ0) is 21.8. The first-order valence-electron chi connectivity index (χ1n) is 9.02. The molecule has 1 aromatic carbocycles. The number of benzene rings is 1. The summed E-state index contributed by atoms with van der Waals surface area (Å²) in [6.07, 6.45) is 1.07. The standard InChI is InChI=1S/C21H19NO7S/c1-12(2)28-18(23)11-22-19(24)17(30-21(22)26)10-13-8-9-16(29-13)14-6-4-5-7-15(14)20(25)27-3/h4-10,12H,11H2,1-3H3/b17-10+. The molecule has 2 heterocycles. The lowest BCUT2D eigenvalue weighted by Crippen LogP contribution is -2.35. The summed E-state index contributed by atoms with van der Waals surface area (Å²) in [5.74, 6) is -1.04. The normalized spacial score (nSPS) is 15.2. The Morgan fingerprint density at radius 2 is 1.90 bits per heavy atom. The predicted octanol–water partition coefficient (Wildman–Crippen LogP) is 3.72. The maximum atomic E-state index is 12.5. The van der Waals surface area contributed by atoms with Gasteiger partial charge in [0.2, 0.25) is 0 Å². The van der Waals surface area contributed by atoms with E-state index in [4.69, 9.17) is 13.9 Å². The first-order chi connectivity index (χ1) is 14.3. The summed E-state index contributed by atoms with van der Waals surface area (Å²) in [7, 11) is 1.29. The van der Waals surface area contributed by atoms with Crippen molar-refractivity contribution in [2.24, 2.45) is 0 Å². The fourth-order valence-corrected chi connectivity index (χ4v) is 3.57. The van der Waals surface area contributed by atoms with Gasteiger partial charge in [-0.15, -0.1) is 0 Å². The topological polar surface area (TPSA) is 103 Å². The smallest absolute Gasteiger partial charge is 0.338 e. The number of rotatable bonds is 6. The molecule has 0 spiro atoms. The number of hydrogen-bond donors (Lipinski definition) is 0. The molecule has 0 atom stereocenters. The van der Waals surface area contributed by atoms with E-state index in [0.29, 0.717) is 34.4 Å². The van der Waals surface area contributed by atoms with Crippen molar-refractivity contribution in [3.63, 3.8) is 0 Å². The molecule has 0 bridgehead atoms. The van der Waals surface area contributed by atoms with Gasteiger partial charge in [-0.3, -0.25) is 19.3 Å². The van der Waals surface area contributed by atoms with Gasteiger partial charge in [-0.25, -0.2) is 4.79 Å². The van der Waals surface area contributed by atoms with Gasteiger partial charge in [0.15, 0.2) is 0 Å². The molecule has 30 heavy (non-hydrogen) atoms. The van der Waals surface area contributed by atoms with Crippen LogP contribution in [0.1, 0.15) is 30.0 Å². The number of methoxy groups -OCH3 is 1. The van der Waals surface area contributed by atoms with Crippen LogP contribution in [0.2, 0.25) is 0 Å². The lowest BCUT2D eigenvalue weighted by atomic mass is 10.1. The Balaban J connectivity index is 1.81. The maximum absolute atomic E-state index is 12.5. The number of carbonyl (C=O) groups excluding carboxylic acids is 4. The highest BCUT2D eigenvalue weighted by atomic mass is 32.2. The number of carbonyl (C=O) groups is 4. The van der Waals surface area contributed by atoms with Crippen LogP contribution in [-0.2, 0) is 19.1 Å². The van der Waals surface area contributed by atoms with E-state index in [2.05, 4.69) is 0 Å². The second kappa shape index (κ2) is 9.00. The minimum absolute atomic E-state index is 0.125. The summed E-state index contributed by atoms with van der Waals surface area (Å²) in [6.45, 7) is 2.91. The van der Waals surface area contributed by atoms with Crippen molar-refractivity contribution in [2.45, 2.75) is 20.0 Å². The molecule has 2 amide bonds. The average molecular weight is 429 g/mol. The zero-order valence-electron chi connectivity index (χ0n) is 16.5. The summed E-state index contributed by atoms with van der Waals surface area (Å²) < 4.78 is 15.5. The van der Waals surface area contributed by atoms with Crippen molar-refractivity contribution >= 4 is 40.9 Å². The van der Waals surface area contributed by atoms with Gasteiger partial charge in [0.05, 0.1) is 23.7 Å². The first kappa shape index (κ1) is 21.4. The number of imide groups is 1. The Kier molecular flexibility index (Phi) is 6.41. The van der Waals surface area contributed by atoms with Crippen LogP contribution in [0.25, 0.3) is 17.4 Å². The van der Waals surface area contributed by atoms with Gasteiger partial charge >= 0.3 is 11.9 Å². The molecule has 3 rings (SSSR count). The van der Waals surface area contributed by atoms with Crippen LogP contribution < -0.4 is 0 Å². The van der Waals surface area contributed by atoms with Gasteiger partial charge in [-0.05, 0) is 43.8 Å². The maximum Gasteiger partial charge on any atom is 0.338 e. The lowest BCUT2D eigenvalue weighted by molar-refractivity contribution is -0.149. The monoisotopic (exact) mass is 429 g/mol. The van der Waals surface area contributed by atoms with Crippen molar-refractivity contribution in [2.75, 3.05) is 13.7 Å². The first-order valence-corrected chi connectivity index (χ1v) is 9.84. The Morgan fingerprint density at radius 3 is 2.60 bits per heavy atom. The van der Waals surface area contributed by atoms with E-state index in [-0.39, 0.29) is 11.0 Å². The summed E-state index contributed by atoms with van der Waals surface area (Å²) >= 11 is 0.711. The average Bonchev–Trinajstić information content (AvgIpc) is 3.27. The Bertz CT molecular complexity index is 1040. The van der Waals surface area contributed by atoms with E-state index < -0.39 is 29.6 Å². The molecule has 1 aliphatic heterocycles. The van der Waals surface area contributed by atoms with Crippen LogP contribution in [-0.4, -0.2) is 47.7 Å². The van der Waals surface area contributed by atoms with Gasteiger partial charge in [0.25, 0.3) is 11.1 Å². The van der Waals surface area contributed by atoms with Crippen LogP contribution in [0.3, 0.4) is 0 Å². The third-order valence-corrected chi connectivity index (χ3v) is 4.93. The van der Waals surface area contributed by atoms with E-state index in [0.717, 1.165) is 4.90 Å². The second-order valence-electron chi connectivity index (χ2n) is 6.55. The van der Waals surface area contributed by atoms with E-state index in [1.54, 1.807) is 50.2 Å². The Labute approximate surface area is 176 Å². The van der Waals surface area contributed by atoms with Crippen molar-refractivity contribution in [3.05, 3.63) is 52.6 Å². The fraction of sp³-hybridized carbons (Fsp3) is 0.238. The Morgan fingerprint density at radius 1 is 1.17 bits per heavy atom. The molecule has 0 N–H and O–H groups in total. The molecule has 1 aliphatic rings. The molecule has 2 aromatic rings. The van der Waals surface area contributed by atoms with E-state index in [9.17, 15) is 19.2 Å². The summed E-state index contributed by atoms with van der Waals surface area (Å²) in [5, 5.41) is -0.560. The van der Waals surface area contributed by atoms with E-state index in [1.807, 2.05) is 0 Å². The Hall–Kier alpha value is -3.33. The van der Waals surface area contributed by atoms with Crippen molar-refractivity contribution in [3.8, 4) is 11.3 Å². The highest BCUT2D eigenvalue weighted by Crippen LogP contribution is 2.34. The van der Waals surface area contributed by atoms with Crippen LogP contribution in [0.15, 0.2) is 45.7 Å². The number of hydrogen-bond acceptors (Lipinski definition) is 8. The second-order valence-corrected chi connectivity index (χ2v) is 7.54. The van der Waals surface area contributed by atoms with E-state index in [1.165, 1.54) is 13.2 Å². The molecule has 8 nitrogen and oxygen atoms in total. The molecule has 0 aliphatic carbocycles. The quantitative estimate of drug-likeness (QED) is 0.506. The minimum Gasteiger partial charge on any atom is -0.465 e. The molecule has 1 aromatic heterocycles. The van der Waals surface area contributed by atoms with Crippen LogP contribution in [0.4, 0.5) is 4.79 Å². The zero-order valence-corrected chi connectivity index (χ0v) is 17.4. The van der Waals surface area contributed by atoms with Crippen molar-refractivity contribution in [1.29, 1.82) is 0 Å². The number of thioether (sulfide) groups is 1. The highest BCUT2D eigenvalue weighted by Gasteiger charge is 2.37. The molecule has 1 fully saturated rings. The number of furan rings is 1. The van der Waals surface area contributed by atoms with Crippen LogP contribution >= 0.6 is 11.8 Å². The van der Waals surface area contributed by atoms with Crippen LogP contribution in [0, 0.1) is 0 Å². The summed E-state index contributed by atoms with van der Waals surface area (Å²) in [5.41, 5.74) is 0.874. The number of esters is 2. The number of ether oxygens (including phenoxy) is 2. The third-order valence-electron chi connectivity index (χ3n) is 4.03. The van der Waals surface area contributed by atoms with Crippen molar-refractivity contribution < 1.29 is 33.1 Å². The SMILES string of the molecule is COC(=O)c1ccccc1-c1ccc(/C=C2/SC(=O)N(CC(=O)OC(C)C)C2=O)o1. The predicted molar refractivity (Wildman–Crippen MR) is 109 cm³/mol. The minimum atomic E-state index is -0.659. The van der Waals surface area contributed by atoms with Gasteiger partial charge in [-0.2, -0.15) is 0 Å². The third kappa shape index (κ3) is 4.62. The highest BCUT2D eigenvalue weighted by molar-refractivity contribution is 8.18. The lowest BCUT2D eigenvalue weighted by Gasteiger charge is -2.13. The fourth-order valence-electron chi connectivity index (χ4n) is 2.76. The number of nitrogens with zero attached hydrogens (tertiary/aromatic N) is 1. The summed E-state index contributed by atoms with van der Waals surface area (Å²) in [4.78, 5) is 49.3. The van der Waals surface area contributed by atoms with Gasteiger partial charge in [0.1, 0.15) is 18.1 Å². The van der Waals surface area contributed by atoms with Gasteiger partial charge in [0, 0.05) is 11.6 Å². The number of amides is 2. The molecule has 156 valence electrons. The van der Waals surface area contributed by atoms with Crippen molar-refractivity contribution in [1.82, 2.24) is 4.90 Å². The molecular weight excluding hydrogens is 410 g/mol. The van der Waals surface area contributed by atoms with Crippen LogP contribution in [0.5, 0.6) is 0 Å². The molecule has 0 unspecified atom stereocenters. The molecule has 0 radical (unpaired) electrons. The summed E-state index contributed by atoms with van der Waals surface area (Å²) in [6, 6.07) is 10.1. The molecule has 9 heteroatoms. The largest absolute Gasteiger partial charge is 0.465 e. The molecular formula is C21H19NO7S. The molecule has 0 saturated carbocycles. The van der Waals surface area contributed by atoms with Gasteiger partial charge < -0.3 is 13.9 Å².